The van der Waals surface area contributed by atoms with Crippen molar-refractivity contribution in [3.63, 3.8) is 0 Å². The third kappa shape index (κ3) is 12.3. The molecule has 0 unspecified atom stereocenters. The topological polar surface area (TPSA) is 37.3 Å². The lowest BCUT2D eigenvalue weighted by Crippen LogP contribution is -1.93. The Kier molecular flexibility index (Phi) is 12.0. The average Bonchev–Trinajstić information content (AvgIpc) is 3.27. The maximum Gasteiger partial charge on any atom is 0.303 e. The van der Waals surface area contributed by atoms with Crippen LogP contribution in [0.25, 0.3) is 0 Å². The summed E-state index contributed by atoms with van der Waals surface area (Å²) >= 11 is 0. The summed E-state index contributed by atoms with van der Waals surface area (Å²) in [5, 5.41) is 8.56. The molecule has 0 aromatic rings. The van der Waals surface area contributed by atoms with Gasteiger partial charge in [-0.05, 0) is 38.5 Å². The second-order valence-corrected chi connectivity index (χ2v) is 7.27. The molecular weight excluding hydrogens is 284 g/mol. The fraction of sp³-hybridized carbons (Fsp3) is 0.857. The van der Waals surface area contributed by atoms with E-state index >= 15 is 0 Å². The molecule has 0 fully saturated rings. The quantitative estimate of drug-likeness (QED) is 0.230. The molecule has 2 nitrogen and oxygen atoms in total. The summed E-state index contributed by atoms with van der Waals surface area (Å²) in [5.41, 5.74) is 3.56. The summed E-state index contributed by atoms with van der Waals surface area (Å²) < 4.78 is 0. The van der Waals surface area contributed by atoms with Gasteiger partial charge in [-0.3, -0.25) is 4.79 Å². The molecule has 1 rings (SSSR count). The van der Waals surface area contributed by atoms with Crippen LogP contribution >= 0.6 is 0 Å². The number of rotatable bonds is 17. The number of hydrogen-bond donors (Lipinski definition) is 1. The summed E-state index contributed by atoms with van der Waals surface area (Å²) in [4.78, 5) is 10.4. The predicted molar refractivity (Wildman–Crippen MR) is 98.8 cm³/mol. The van der Waals surface area contributed by atoms with Crippen molar-refractivity contribution in [3.05, 3.63) is 11.1 Å². The molecule has 0 radical (unpaired) electrons. The molecular formula is C21H38O2. The zero-order valence-corrected chi connectivity index (χ0v) is 15.4. The van der Waals surface area contributed by atoms with Gasteiger partial charge in [-0.15, -0.1) is 0 Å². The summed E-state index contributed by atoms with van der Waals surface area (Å²) in [6, 6.07) is 0. The lowest BCUT2D eigenvalue weighted by molar-refractivity contribution is -0.137. The minimum atomic E-state index is -0.653. The summed E-state index contributed by atoms with van der Waals surface area (Å²) in [6.07, 6.45) is 21.4. The first-order valence-electron chi connectivity index (χ1n) is 10.2. The Balaban J connectivity index is 1.80. The molecule has 0 aromatic heterocycles. The third-order valence-electron chi connectivity index (χ3n) is 5.00. The Morgan fingerprint density at radius 1 is 0.739 bits per heavy atom. The van der Waals surface area contributed by atoms with Gasteiger partial charge in [0.05, 0.1) is 0 Å². The van der Waals surface area contributed by atoms with Crippen LogP contribution in [0.15, 0.2) is 11.1 Å². The van der Waals surface area contributed by atoms with Crippen LogP contribution in [0.3, 0.4) is 0 Å². The van der Waals surface area contributed by atoms with Gasteiger partial charge >= 0.3 is 5.97 Å². The summed E-state index contributed by atoms with van der Waals surface area (Å²) in [6.45, 7) is 2.28. The van der Waals surface area contributed by atoms with Crippen molar-refractivity contribution in [2.45, 2.75) is 116 Å². The number of carbonyl (C=O) groups is 1. The molecule has 0 saturated heterocycles. The van der Waals surface area contributed by atoms with Gasteiger partial charge in [-0.1, -0.05) is 82.3 Å². The molecule has 0 amide bonds. The molecule has 134 valence electrons. The largest absolute Gasteiger partial charge is 0.481 e. The van der Waals surface area contributed by atoms with E-state index in [0.717, 1.165) is 12.8 Å². The number of aliphatic carboxylic acids is 1. The molecule has 0 aromatic carbocycles. The van der Waals surface area contributed by atoms with Crippen LogP contribution in [0.2, 0.25) is 0 Å². The highest BCUT2D eigenvalue weighted by Crippen LogP contribution is 2.38. The van der Waals surface area contributed by atoms with Crippen LogP contribution in [0.4, 0.5) is 0 Å². The van der Waals surface area contributed by atoms with Crippen LogP contribution in [0.5, 0.6) is 0 Å². The van der Waals surface area contributed by atoms with E-state index in [1.165, 1.54) is 89.9 Å². The number of allylic oxidation sites excluding steroid dienone is 2. The first-order valence-corrected chi connectivity index (χ1v) is 10.2. The lowest BCUT2D eigenvalue weighted by atomic mass is 10.1. The highest BCUT2D eigenvalue weighted by Gasteiger charge is 2.19. The molecule has 0 aliphatic heterocycles. The van der Waals surface area contributed by atoms with Gasteiger partial charge in [0.2, 0.25) is 0 Å². The van der Waals surface area contributed by atoms with Crippen molar-refractivity contribution < 1.29 is 9.90 Å². The van der Waals surface area contributed by atoms with E-state index in [2.05, 4.69) is 6.92 Å². The van der Waals surface area contributed by atoms with E-state index < -0.39 is 5.97 Å². The normalized spacial score (nSPS) is 13.6. The number of carboxylic acids is 1. The first kappa shape index (κ1) is 20.3. The van der Waals surface area contributed by atoms with Gasteiger partial charge in [0.15, 0.2) is 0 Å². The molecule has 1 aliphatic carbocycles. The van der Waals surface area contributed by atoms with Crippen LogP contribution < -0.4 is 0 Å². The Morgan fingerprint density at radius 2 is 1.17 bits per heavy atom. The molecule has 0 heterocycles. The third-order valence-corrected chi connectivity index (χ3v) is 5.00. The number of carboxylic acid groups (broad SMARTS) is 1. The molecule has 0 bridgehead atoms. The Morgan fingerprint density at radius 3 is 1.65 bits per heavy atom. The van der Waals surface area contributed by atoms with Crippen molar-refractivity contribution in [3.8, 4) is 0 Å². The van der Waals surface area contributed by atoms with Gasteiger partial charge in [-0.2, -0.15) is 0 Å². The van der Waals surface area contributed by atoms with Crippen LogP contribution in [-0.2, 0) is 4.79 Å². The van der Waals surface area contributed by atoms with Crippen LogP contribution in [0.1, 0.15) is 116 Å². The second-order valence-electron chi connectivity index (χ2n) is 7.27. The monoisotopic (exact) mass is 322 g/mol. The SMILES string of the molecule is CCCCCCCCC1=C(CCCCCCCCCC(=O)O)C1. The molecule has 1 aliphatic rings. The van der Waals surface area contributed by atoms with Crippen molar-refractivity contribution in [1.82, 2.24) is 0 Å². The molecule has 2 heteroatoms. The van der Waals surface area contributed by atoms with E-state index in [9.17, 15) is 4.79 Å². The smallest absolute Gasteiger partial charge is 0.303 e. The standard InChI is InChI=1S/C21H38O2/c1-2-3-4-5-9-12-15-19-18-20(19)16-13-10-7-6-8-11-14-17-21(22)23/h2-18H2,1H3,(H,22,23). The highest BCUT2D eigenvalue weighted by molar-refractivity contribution is 5.66. The fourth-order valence-electron chi connectivity index (χ4n) is 3.36. The van der Waals surface area contributed by atoms with Gasteiger partial charge in [0, 0.05) is 6.42 Å². The summed E-state index contributed by atoms with van der Waals surface area (Å²) in [7, 11) is 0. The zero-order valence-electron chi connectivity index (χ0n) is 15.4. The van der Waals surface area contributed by atoms with Gasteiger partial charge in [0.1, 0.15) is 0 Å². The van der Waals surface area contributed by atoms with E-state index in [1.807, 2.05) is 0 Å². The van der Waals surface area contributed by atoms with Crippen LogP contribution in [-0.4, -0.2) is 11.1 Å². The van der Waals surface area contributed by atoms with Gasteiger partial charge in [0.25, 0.3) is 0 Å². The summed E-state index contributed by atoms with van der Waals surface area (Å²) in [5.74, 6) is -0.653. The van der Waals surface area contributed by atoms with E-state index in [1.54, 1.807) is 11.1 Å². The van der Waals surface area contributed by atoms with Crippen molar-refractivity contribution in [2.75, 3.05) is 0 Å². The van der Waals surface area contributed by atoms with Crippen molar-refractivity contribution >= 4 is 5.97 Å². The van der Waals surface area contributed by atoms with Crippen LogP contribution in [0, 0.1) is 0 Å². The number of unbranched alkanes of at least 4 members (excludes halogenated alkanes) is 11. The fourth-order valence-corrected chi connectivity index (χ4v) is 3.36. The highest BCUT2D eigenvalue weighted by atomic mass is 16.4. The van der Waals surface area contributed by atoms with Crippen molar-refractivity contribution in [2.24, 2.45) is 0 Å². The molecule has 0 atom stereocenters. The Bertz CT molecular complexity index is 344. The molecule has 23 heavy (non-hydrogen) atoms. The van der Waals surface area contributed by atoms with Crippen molar-refractivity contribution in [1.29, 1.82) is 0 Å². The van der Waals surface area contributed by atoms with E-state index in [-0.39, 0.29) is 0 Å². The minimum absolute atomic E-state index is 0.343. The maximum absolute atomic E-state index is 10.4. The lowest BCUT2D eigenvalue weighted by Gasteiger charge is -2.00. The second kappa shape index (κ2) is 13.6. The van der Waals surface area contributed by atoms with Gasteiger partial charge in [-0.25, -0.2) is 0 Å². The molecule has 0 spiro atoms. The molecule has 0 saturated carbocycles. The Hall–Kier alpha value is -0.790. The minimum Gasteiger partial charge on any atom is -0.481 e. The Labute approximate surface area is 143 Å². The first-order chi connectivity index (χ1) is 11.2. The molecule has 1 N–H and O–H groups in total. The number of hydrogen-bond acceptors (Lipinski definition) is 1. The zero-order chi connectivity index (χ0) is 16.8. The van der Waals surface area contributed by atoms with E-state index in [4.69, 9.17) is 5.11 Å². The average molecular weight is 323 g/mol. The maximum atomic E-state index is 10.4. The van der Waals surface area contributed by atoms with Gasteiger partial charge < -0.3 is 5.11 Å². The van der Waals surface area contributed by atoms with E-state index in [0.29, 0.717) is 6.42 Å². The predicted octanol–water partition coefficient (Wildman–Crippen LogP) is 7.03.